The summed E-state index contributed by atoms with van der Waals surface area (Å²) in [5.74, 6) is -0.584. The van der Waals surface area contributed by atoms with Gasteiger partial charge >= 0.3 is 12.1 Å². The maximum Gasteiger partial charge on any atom is 0.418 e. The first kappa shape index (κ1) is 18.5. The van der Waals surface area contributed by atoms with Crippen molar-refractivity contribution in [1.82, 2.24) is 0 Å². The molecular weight excluding hydrogens is 315 g/mol. The standard InChI is InChI=1S/C13H14F3NO3.Ca/c1-9(18)19-20-10-6-7-17(8-10)12-5-3-2-4-11(12)13(14,15)16;/h2-5,10H,6-8H2,1H3;. The van der Waals surface area contributed by atoms with E-state index < -0.39 is 23.8 Å². The van der Waals surface area contributed by atoms with Crippen molar-refractivity contribution in [1.29, 1.82) is 0 Å². The molecule has 1 aromatic carbocycles. The molecule has 8 heteroatoms. The second-order valence-corrected chi connectivity index (χ2v) is 4.54. The van der Waals surface area contributed by atoms with Gasteiger partial charge in [-0.3, -0.25) is 4.89 Å². The number of nitrogens with zero attached hydrogens (tertiary/aromatic N) is 1. The van der Waals surface area contributed by atoms with Crippen LogP contribution in [0.5, 0.6) is 0 Å². The van der Waals surface area contributed by atoms with Gasteiger partial charge < -0.3 is 4.90 Å². The molecule has 1 saturated heterocycles. The molecule has 1 aliphatic rings. The summed E-state index contributed by atoms with van der Waals surface area (Å²) in [5.41, 5.74) is -0.554. The molecule has 1 fully saturated rings. The molecule has 0 aromatic heterocycles. The predicted molar refractivity (Wildman–Crippen MR) is 70.7 cm³/mol. The van der Waals surface area contributed by atoms with Crippen LogP contribution < -0.4 is 4.90 Å². The molecule has 0 spiro atoms. The van der Waals surface area contributed by atoms with Gasteiger partial charge in [0.1, 0.15) is 6.10 Å². The molecule has 4 nitrogen and oxygen atoms in total. The van der Waals surface area contributed by atoms with Crippen molar-refractivity contribution in [2.75, 3.05) is 18.0 Å². The summed E-state index contributed by atoms with van der Waals surface area (Å²) >= 11 is 0. The molecular formula is C13H14CaF3NO3. The van der Waals surface area contributed by atoms with Gasteiger partial charge in [0.25, 0.3) is 0 Å². The van der Waals surface area contributed by atoms with Crippen molar-refractivity contribution in [2.24, 2.45) is 0 Å². The maximum absolute atomic E-state index is 12.9. The van der Waals surface area contributed by atoms with Crippen LogP contribution in [0.3, 0.4) is 0 Å². The van der Waals surface area contributed by atoms with Crippen molar-refractivity contribution in [3.05, 3.63) is 29.8 Å². The fourth-order valence-electron chi connectivity index (χ4n) is 2.15. The molecule has 1 heterocycles. The first-order chi connectivity index (χ1) is 9.38. The van der Waals surface area contributed by atoms with Gasteiger partial charge in [0.05, 0.1) is 5.56 Å². The number of alkyl halides is 3. The predicted octanol–water partition coefficient (Wildman–Crippen LogP) is 2.40. The van der Waals surface area contributed by atoms with Crippen LogP contribution in [0.1, 0.15) is 18.9 Å². The van der Waals surface area contributed by atoms with Crippen LogP contribution in [-0.4, -0.2) is 62.9 Å². The van der Waals surface area contributed by atoms with Crippen molar-refractivity contribution < 1.29 is 27.7 Å². The number of hydrogen-bond acceptors (Lipinski definition) is 4. The van der Waals surface area contributed by atoms with E-state index in [1.165, 1.54) is 19.1 Å². The van der Waals surface area contributed by atoms with Gasteiger partial charge in [-0.05, 0) is 18.6 Å². The second-order valence-electron chi connectivity index (χ2n) is 4.54. The summed E-state index contributed by atoms with van der Waals surface area (Å²) in [4.78, 5) is 21.5. The Morgan fingerprint density at radius 3 is 2.62 bits per heavy atom. The molecule has 0 saturated carbocycles. The number of benzene rings is 1. The van der Waals surface area contributed by atoms with E-state index in [4.69, 9.17) is 4.89 Å². The molecule has 1 aliphatic heterocycles. The minimum atomic E-state index is -4.40. The van der Waals surface area contributed by atoms with Crippen molar-refractivity contribution >= 4 is 49.4 Å². The average Bonchev–Trinajstić information content (AvgIpc) is 2.84. The molecule has 0 N–H and O–H groups in total. The van der Waals surface area contributed by atoms with E-state index >= 15 is 0 Å². The molecule has 1 aromatic rings. The largest absolute Gasteiger partial charge is 0.418 e. The van der Waals surface area contributed by atoms with Crippen molar-refractivity contribution in [3.8, 4) is 0 Å². The number of hydrogen-bond donors (Lipinski definition) is 0. The summed E-state index contributed by atoms with van der Waals surface area (Å²) in [5, 5.41) is 0. The number of carbonyl (C=O) groups excluding carboxylic acids is 1. The van der Waals surface area contributed by atoms with Gasteiger partial charge in [-0.2, -0.15) is 18.1 Å². The monoisotopic (exact) mass is 329 g/mol. The zero-order valence-electron chi connectivity index (χ0n) is 11.5. The topological polar surface area (TPSA) is 38.8 Å². The quantitative estimate of drug-likeness (QED) is 0.485. The van der Waals surface area contributed by atoms with Gasteiger partial charge in [-0.25, -0.2) is 4.79 Å². The van der Waals surface area contributed by atoms with Crippen molar-refractivity contribution in [3.63, 3.8) is 0 Å². The van der Waals surface area contributed by atoms with Crippen LogP contribution in [0.25, 0.3) is 0 Å². The molecule has 0 aliphatic carbocycles. The Morgan fingerprint density at radius 2 is 2.00 bits per heavy atom. The van der Waals surface area contributed by atoms with E-state index in [0.29, 0.717) is 13.0 Å². The van der Waals surface area contributed by atoms with Crippen LogP contribution in [0.4, 0.5) is 18.9 Å². The zero-order valence-corrected chi connectivity index (χ0v) is 13.7. The van der Waals surface area contributed by atoms with Crippen molar-refractivity contribution in [2.45, 2.75) is 25.6 Å². The number of anilines is 1. The summed E-state index contributed by atoms with van der Waals surface area (Å²) < 4.78 is 38.8. The summed E-state index contributed by atoms with van der Waals surface area (Å²) in [7, 11) is 0. The van der Waals surface area contributed by atoms with Crippen LogP contribution >= 0.6 is 0 Å². The molecule has 2 rings (SSSR count). The maximum atomic E-state index is 12.9. The molecule has 112 valence electrons. The van der Waals surface area contributed by atoms with Gasteiger partial charge in [-0.1, -0.05) is 12.1 Å². The SMILES string of the molecule is CC(=O)OOC1CCN(c2ccccc2C(F)(F)F)C1.[Ca]. The minimum absolute atomic E-state index is 0. The number of halogens is 3. The summed E-state index contributed by atoms with van der Waals surface area (Å²) in [6, 6.07) is 5.40. The third-order valence-electron chi connectivity index (χ3n) is 3.00. The molecule has 2 radical (unpaired) electrons. The van der Waals surface area contributed by atoms with E-state index in [2.05, 4.69) is 4.89 Å². The zero-order chi connectivity index (χ0) is 14.8. The molecule has 1 unspecified atom stereocenters. The smallest absolute Gasteiger partial charge is 0.368 e. The molecule has 1 atom stereocenters. The Morgan fingerprint density at radius 1 is 1.33 bits per heavy atom. The second kappa shape index (κ2) is 7.67. The van der Waals surface area contributed by atoms with Crippen LogP contribution in [-0.2, 0) is 20.7 Å². The molecule has 0 bridgehead atoms. The van der Waals surface area contributed by atoms with Crippen LogP contribution in [0.15, 0.2) is 24.3 Å². The van der Waals surface area contributed by atoms with E-state index in [1.54, 1.807) is 11.0 Å². The number of para-hydroxylation sites is 1. The Bertz CT molecular complexity index is 496. The van der Waals surface area contributed by atoms with E-state index in [1.807, 2.05) is 0 Å². The van der Waals surface area contributed by atoms with Gasteiger partial charge in [0.15, 0.2) is 0 Å². The fourth-order valence-corrected chi connectivity index (χ4v) is 2.15. The normalized spacial score (nSPS) is 18.3. The third-order valence-corrected chi connectivity index (χ3v) is 3.00. The fraction of sp³-hybridized carbons (Fsp3) is 0.462. The molecule has 0 amide bonds. The molecule has 21 heavy (non-hydrogen) atoms. The van der Waals surface area contributed by atoms with E-state index in [0.717, 1.165) is 6.07 Å². The van der Waals surface area contributed by atoms with E-state index in [9.17, 15) is 18.0 Å². The number of carbonyl (C=O) groups is 1. The Kier molecular flexibility index (Phi) is 6.77. The first-order valence-electron chi connectivity index (χ1n) is 6.13. The van der Waals surface area contributed by atoms with Crippen LogP contribution in [0, 0.1) is 0 Å². The van der Waals surface area contributed by atoms with E-state index in [-0.39, 0.29) is 50.0 Å². The summed E-state index contributed by atoms with van der Waals surface area (Å²) in [6.07, 6.45) is -4.31. The van der Waals surface area contributed by atoms with Gasteiger partial charge in [0, 0.05) is 63.4 Å². The average molecular weight is 329 g/mol. The minimum Gasteiger partial charge on any atom is -0.368 e. The third kappa shape index (κ3) is 5.02. The van der Waals surface area contributed by atoms with Gasteiger partial charge in [0.2, 0.25) is 0 Å². The summed E-state index contributed by atoms with van der Waals surface area (Å²) in [6.45, 7) is 1.87. The Hall–Kier alpha value is -0.500. The van der Waals surface area contributed by atoms with Crippen LogP contribution in [0.2, 0.25) is 0 Å². The number of rotatable bonds is 3. The van der Waals surface area contributed by atoms with Gasteiger partial charge in [-0.15, -0.1) is 0 Å². The Labute approximate surface area is 150 Å². The Balaban J connectivity index is 0.00000220. The first-order valence-corrected chi connectivity index (χ1v) is 6.13.